The summed E-state index contributed by atoms with van der Waals surface area (Å²) in [5, 5.41) is 0.505. The highest BCUT2D eigenvalue weighted by atomic mass is 32.2. The van der Waals surface area contributed by atoms with E-state index in [1.54, 1.807) is 36.4 Å². The number of anilines is 2. The summed E-state index contributed by atoms with van der Waals surface area (Å²) in [5.74, 6) is 1.54. The van der Waals surface area contributed by atoms with Crippen LogP contribution in [0.2, 0.25) is 0 Å². The van der Waals surface area contributed by atoms with Gasteiger partial charge >= 0.3 is 0 Å². The Hall–Kier alpha value is -3.11. The minimum atomic E-state index is -3.86. The Morgan fingerprint density at radius 2 is 1.65 bits per heavy atom. The van der Waals surface area contributed by atoms with Crippen LogP contribution in [-0.4, -0.2) is 58.9 Å². The highest BCUT2D eigenvalue weighted by molar-refractivity contribution is 7.92. The third kappa shape index (κ3) is 4.35. The molecule has 0 spiro atoms. The lowest BCUT2D eigenvalue weighted by Gasteiger charge is -2.27. The van der Waals surface area contributed by atoms with Crippen LogP contribution in [0.4, 0.5) is 11.8 Å². The molecule has 1 aliphatic heterocycles. The van der Waals surface area contributed by atoms with Crippen LogP contribution < -0.4 is 19.1 Å². The Morgan fingerprint density at radius 3 is 2.29 bits per heavy atom. The second-order valence-electron chi connectivity index (χ2n) is 7.11. The van der Waals surface area contributed by atoms with E-state index in [2.05, 4.69) is 14.7 Å². The molecular weight excluding hydrogens is 420 g/mol. The summed E-state index contributed by atoms with van der Waals surface area (Å²) in [4.78, 5) is 11.3. The molecule has 9 nitrogen and oxygen atoms in total. The first-order valence-corrected chi connectivity index (χ1v) is 11.3. The third-order valence-corrected chi connectivity index (χ3v) is 6.40. The van der Waals surface area contributed by atoms with Gasteiger partial charge in [0, 0.05) is 24.5 Å². The van der Waals surface area contributed by atoms with Crippen molar-refractivity contribution >= 4 is 32.7 Å². The van der Waals surface area contributed by atoms with E-state index in [1.165, 1.54) is 14.2 Å². The highest BCUT2D eigenvalue weighted by Gasteiger charge is 2.22. The Labute approximate surface area is 181 Å². The lowest BCUT2D eigenvalue weighted by Crippen LogP contribution is -2.37. The number of hydrogen-bond acceptors (Lipinski definition) is 8. The maximum absolute atomic E-state index is 13.1. The molecule has 0 atom stereocenters. The van der Waals surface area contributed by atoms with Gasteiger partial charge in [0.2, 0.25) is 5.95 Å². The van der Waals surface area contributed by atoms with Crippen molar-refractivity contribution in [1.82, 2.24) is 9.97 Å². The summed E-state index contributed by atoms with van der Waals surface area (Å²) in [6.07, 6.45) is 0. The molecule has 1 aliphatic rings. The van der Waals surface area contributed by atoms with Gasteiger partial charge in [-0.3, -0.25) is 4.72 Å². The van der Waals surface area contributed by atoms with Gasteiger partial charge in [-0.15, -0.1) is 0 Å². The van der Waals surface area contributed by atoms with E-state index in [0.29, 0.717) is 54.7 Å². The van der Waals surface area contributed by atoms with Gasteiger partial charge in [0.1, 0.15) is 0 Å². The molecule has 1 fully saturated rings. The topological polar surface area (TPSA) is 103 Å². The number of hydrogen-bond donors (Lipinski definition) is 1. The van der Waals surface area contributed by atoms with Crippen molar-refractivity contribution in [2.24, 2.45) is 0 Å². The van der Waals surface area contributed by atoms with Gasteiger partial charge < -0.3 is 19.1 Å². The summed E-state index contributed by atoms with van der Waals surface area (Å²) in [5.41, 5.74) is 1.51. The summed E-state index contributed by atoms with van der Waals surface area (Å²) in [6, 6.07) is 10.0. The summed E-state index contributed by atoms with van der Waals surface area (Å²) >= 11 is 0. The summed E-state index contributed by atoms with van der Waals surface area (Å²) in [6.45, 7) is 4.23. The quantitative estimate of drug-likeness (QED) is 0.619. The van der Waals surface area contributed by atoms with E-state index in [1.807, 2.05) is 11.8 Å². The van der Waals surface area contributed by atoms with E-state index in [4.69, 9.17) is 14.2 Å². The number of benzene rings is 2. The van der Waals surface area contributed by atoms with Gasteiger partial charge in [-0.1, -0.05) is 17.7 Å². The van der Waals surface area contributed by atoms with Gasteiger partial charge in [0.05, 0.1) is 37.8 Å². The van der Waals surface area contributed by atoms with Crippen LogP contribution in [0.15, 0.2) is 41.3 Å². The zero-order valence-electron chi connectivity index (χ0n) is 17.6. The van der Waals surface area contributed by atoms with Crippen LogP contribution in [0.5, 0.6) is 11.5 Å². The predicted molar refractivity (Wildman–Crippen MR) is 118 cm³/mol. The Bertz CT molecular complexity index is 1190. The minimum absolute atomic E-state index is 0.151. The van der Waals surface area contributed by atoms with E-state index in [0.717, 1.165) is 5.56 Å². The van der Waals surface area contributed by atoms with E-state index < -0.39 is 10.0 Å². The van der Waals surface area contributed by atoms with Gasteiger partial charge in [0.15, 0.2) is 17.3 Å². The number of aryl methyl sites for hydroxylation is 1. The Balaban J connectivity index is 1.85. The van der Waals surface area contributed by atoms with Crippen molar-refractivity contribution in [2.75, 3.05) is 50.1 Å². The van der Waals surface area contributed by atoms with Crippen LogP contribution >= 0.6 is 0 Å². The Kier molecular flexibility index (Phi) is 5.84. The summed E-state index contributed by atoms with van der Waals surface area (Å²) < 4.78 is 44.9. The molecule has 1 aromatic heterocycles. The molecule has 2 heterocycles. The maximum atomic E-state index is 13.1. The Morgan fingerprint density at radius 1 is 1.00 bits per heavy atom. The molecule has 0 saturated carbocycles. The van der Waals surface area contributed by atoms with Crippen molar-refractivity contribution in [1.29, 1.82) is 0 Å². The molecule has 1 N–H and O–H groups in total. The SMILES string of the molecule is COc1cc2nc(N3CCOCC3)nc(NS(=O)(=O)c3ccc(C)cc3)c2cc1OC. The van der Waals surface area contributed by atoms with Crippen molar-refractivity contribution in [3.63, 3.8) is 0 Å². The molecule has 0 radical (unpaired) electrons. The fourth-order valence-corrected chi connectivity index (χ4v) is 4.35. The maximum Gasteiger partial charge on any atom is 0.263 e. The highest BCUT2D eigenvalue weighted by Crippen LogP contribution is 2.35. The largest absolute Gasteiger partial charge is 0.493 e. The fraction of sp³-hybridized carbons (Fsp3) is 0.333. The van der Waals surface area contributed by atoms with Crippen LogP contribution in [-0.2, 0) is 14.8 Å². The number of aromatic nitrogens is 2. The molecule has 1 saturated heterocycles. The van der Waals surface area contributed by atoms with Gasteiger partial charge in [-0.05, 0) is 25.1 Å². The molecular formula is C21H24N4O5S. The third-order valence-electron chi connectivity index (χ3n) is 5.05. The van der Waals surface area contributed by atoms with Crippen LogP contribution in [0.1, 0.15) is 5.56 Å². The van der Waals surface area contributed by atoms with Crippen molar-refractivity contribution in [3.8, 4) is 11.5 Å². The number of rotatable bonds is 6. The van der Waals surface area contributed by atoms with Crippen molar-refractivity contribution in [2.45, 2.75) is 11.8 Å². The number of fused-ring (bicyclic) bond motifs is 1. The van der Waals surface area contributed by atoms with Gasteiger partial charge in [-0.2, -0.15) is 4.98 Å². The zero-order valence-corrected chi connectivity index (χ0v) is 18.4. The second kappa shape index (κ2) is 8.56. The molecule has 4 rings (SSSR count). The normalized spacial score (nSPS) is 14.5. The number of morpholine rings is 1. The molecule has 3 aromatic rings. The molecule has 0 aliphatic carbocycles. The first-order valence-electron chi connectivity index (χ1n) is 9.77. The standard InChI is InChI=1S/C21H24N4O5S/c1-14-4-6-15(7-5-14)31(26,27)24-20-16-12-18(28-2)19(29-3)13-17(16)22-21(23-20)25-8-10-30-11-9-25/h4-7,12-13H,8-11H2,1-3H3,(H,22,23,24). The molecule has 31 heavy (non-hydrogen) atoms. The number of sulfonamides is 1. The van der Waals surface area contributed by atoms with Crippen LogP contribution in [0, 0.1) is 6.92 Å². The van der Waals surface area contributed by atoms with E-state index in [9.17, 15) is 8.42 Å². The zero-order chi connectivity index (χ0) is 22.0. The monoisotopic (exact) mass is 444 g/mol. The first kappa shape index (κ1) is 21.1. The van der Waals surface area contributed by atoms with E-state index >= 15 is 0 Å². The molecule has 10 heteroatoms. The van der Waals surface area contributed by atoms with E-state index in [-0.39, 0.29) is 10.7 Å². The van der Waals surface area contributed by atoms with Crippen LogP contribution in [0.3, 0.4) is 0 Å². The second-order valence-corrected chi connectivity index (χ2v) is 8.80. The first-order chi connectivity index (χ1) is 14.9. The molecule has 0 bridgehead atoms. The average Bonchev–Trinajstić information content (AvgIpc) is 2.78. The number of nitrogens with one attached hydrogen (secondary N) is 1. The molecule has 164 valence electrons. The smallest absolute Gasteiger partial charge is 0.263 e. The minimum Gasteiger partial charge on any atom is -0.493 e. The molecule has 2 aromatic carbocycles. The van der Waals surface area contributed by atoms with Gasteiger partial charge in [-0.25, -0.2) is 13.4 Å². The lowest BCUT2D eigenvalue weighted by molar-refractivity contribution is 0.122. The number of ether oxygens (including phenoxy) is 3. The molecule has 0 unspecified atom stereocenters. The van der Waals surface area contributed by atoms with Crippen molar-refractivity contribution < 1.29 is 22.6 Å². The lowest BCUT2D eigenvalue weighted by atomic mass is 10.2. The number of nitrogens with zero attached hydrogens (tertiary/aromatic N) is 3. The number of methoxy groups -OCH3 is 2. The predicted octanol–water partition coefficient (Wildman–Crippen LogP) is 2.59. The van der Waals surface area contributed by atoms with Gasteiger partial charge in [0.25, 0.3) is 10.0 Å². The average molecular weight is 445 g/mol. The molecule has 0 amide bonds. The summed E-state index contributed by atoms with van der Waals surface area (Å²) in [7, 11) is -0.807. The van der Waals surface area contributed by atoms with Crippen molar-refractivity contribution in [3.05, 3.63) is 42.0 Å². The fourth-order valence-electron chi connectivity index (χ4n) is 3.33. The van der Waals surface area contributed by atoms with Crippen LogP contribution in [0.25, 0.3) is 10.9 Å².